The van der Waals surface area contributed by atoms with E-state index in [0.717, 1.165) is 6.92 Å². The Kier molecular flexibility index (Phi) is 10.7. The maximum absolute atomic E-state index is 13.1. The van der Waals surface area contributed by atoms with Crippen LogP contribution in [0.1, 0.15) is 81.6 Å². The van der Waals surface area contributed by atoms with Gasteiger partial charge in [0, 0.05) is 0 Å². The number of esters is 2. The van der Waals surface area contributed by atoms with Gasteiger partial charge in [0.15, 0.2) is 11.0 Å². The van der Waals surface area contributed by atoms with E-state index in [4.69, 9.17) is 4.74 Å². The first-order chi connectivity index (χ1) is 18.0. The predicted octanol–water partition coefficient (Wildman–Crippen LogP) is 7.65. The van der Waals surface area contributed by atoms with Crippen molar-refractivity contribution in [3.05, 3.63) is 0 Å². The first-order valence-electron chi connectivity index (χ1n) is 13.4. The lowest BCUT2D eigenvalue weighted by Crippen LogP contribution is -2.70. The largest absolute Gasteiger partial charge is 0.465 e. The highest BCUT2D eigenvalue weighted by Crippen LogP contribution is 2.62. The van der Waals surface area contributed by atoms with E-state index < -0.39 is 52.5 Å². The van der Waals surface area contributed by atoms with Crippen molar-refractivity contribution in [1.29, 1.82) is 0 Å². The molecule has 2 aliphatic rings. The van der Waals surface area contributed by atoms with Gasteiger partial charge in [-0.15, -0.1) is 0 Å². The van der Waals surface area contributed by atoms with Gasteiger partial charge in [-0.1, -0.05) is 34.6 Å². The number of hydrogen-bond donors (Lipinski definition) is 1. The van der Waals surface area contributed by atoms with Crippen LogP contribution < -0.4 is 0 Å². The maximum atomic E-state index is 13.1. The van der Waals surface area contributed by atoms with Crippen LogP contribution in [0.3, 0.4) is 0 Å². The van der Waals surface area contributed by atoms with Crippen LogP contribution in [0.15, 0.2) is 0 Å². The van der Waals surface area contributed by atoms with Crippen LogP contribution in [0.5, 0.6) is 0 Å². The Morgan fingerprint density at radius 2 is 1.37 bits per heavy atom. The van der Waals surface area contributed by atoms with Crippen molar-refractivity contribution >= 4 is 11.9 Å². The van der Waals surface area contributed by atoms with E-state index in [1.165, 1.54) is 13.8 Å². The second-order valence-electron chi connectivity index (χ2n) is 12.7. The molecule has 2 rings (SSSR count). The van der Waals surface area contributed by atoms with Crippen LogP contribution in [0, 0.1) is 40.4 Å². The number of alkyl halides is 9. The van der Waals surface area contributed by atoms with Crippen LogP contribution in [0.25, 0.3) is 0 Å². The molecule has 0 spiro atoms. The summed E-state index contributed by atoms with van der Waals surface area (Å²) in [6.07, 6.45) is -16.0. The third kappa shape index (κ3) is 6.76. The minimum Gasteiger partial charge on any atom is -0.465 e. The fourth-order valence-corrected chi connectivity index (χ4v) is 5.72. The van der Waals surface area contributed by atoms with Gasteiger partial charge in [-0.05, 0) is 76.5 Å². The molecule has 2 bridgehead atoms. The molecule has 2 saturated carbocycles. The normalized spacial score (nSPS) is 28.6. The van der Waals surface area contributed by atoms with E-state index in [0.29, 0.717) is 32.6 Å². The zero-order valence-corrected chi connectivity index (χ0v) is 24.7. The summed E-state index contributed by atoms with van der Waals surface area (Å²) in [4.78, 5) is 24.0. The summed E-state index contributed by atoms with van der Waals surface area (Å²) in [5.74, 6) is -1.83. The van der Waals surface area contributed by atoms with Crippen molar-refractivity contribution in [1.82, 2.24) is 0 Å². The molecule has 0 heterocycles. The van der Waals surface area contributed by atoms with Gasteiger partial charge in [0.2, 0.25) is 0 Å². The van der Waals surface area contributed by atoms with Crippen molar-refractivity contribution in [3.8, 4) is 0 Å². The average molecular weight is 617 g/mol. The van der Waals surface area contributed by atoms with Crippen LogP contribution in [-0.4, -0.2) is 53.4 Å². The second kappa shape index (κ2) is 11.7. The third-order valence-electron chi connectivity index (χ3n) is 9.11. The Balaban J connectivity index is 0.000000479. The van der Waals surface area contributed by atoms with Crippen molar-refractivity contribution in [3.63, 3.8) is 0 Å². The Labute approximate surface area is 234 Å². The molecule has 0 amide bonds. The van der Waals surface area contributed by atoms with Gasteiger partial charge in [0.05, 0.1) is 12.0 Å². The summed E-state index contributed by atoms with van der Waals surface area (Å²) >= 11 is 0. The molecular formula is C27H41F9O5. The molecule has 6 unspecified atom stereocenters. The van der Waals surface area contributed by atoms with Crippen LogP contribution in [-0.2, 0) is 19.1 Å². The minimum absolute atomic E-state index is 0.0184. The Morgan fingerprint density at radius 3 is 1.68 bits per heavy atom. The summed E-state index contributed by atoms with van der Waals surface area (Å²) in [7, 11) is 0. The molecule has 0 aromatic rings. The fourth-order valence-electron chi connectivity index (χ4n) is 5.72. The predicted molar refractivity (Wildman–Crippen MR) is 130 cm³/mol. The number of fused-ring (bicyclic) bond motifs is 2. The number of hydrogen-bond acceptors (Lipinski definition) is 5. The topological polar surface area (TPSA) is 72.8 Å². The number of carbonyl (C=O) groups excluding carboxylic acids is 2. The number of rotatable bonds is 7. The van der Waals surface area contributed by atoms with Gasteiger partial charge in [0.25, 0.3) is 5.60 Å². The Morgan fingerprint density at radius 1 is 0.902 bits per heavy atom. The molecule has 6 atom stereocenters. The SMILES string of the molecule is CC1C2CC(C1C)C(C)(C(=O)OC(C)(C)C(O)(C(F)(F)F)C(F)(F)F)C2.CCC(C)(C(=O)OCC(C)C)C(F)(F)F. The van der Waals surface area contributed by atoms with Gasteiger partial charge in [-0.25, -0.2) is 0 Å². The maximum Gasteiger partial charge on any atom is 0.430 e. The smallest absolute Gasteiger partial charge is 0.430 e. The lowest BCUT2D eigenvalue weighted by Gasteiger charge is -2.46. The van der Waals surface area contributed by atoms with Gasteiger partial charge >= 0.3 is 30.5 Å². The van der Waals surface area contributed by atoms with E-state index in [1.807, 2.05) is 13.8 Å². The quantitative estimate of drug-likeness (QED) is 0.235. The molecule has 1 N–H and O–H groups in total. The number of ether oxygens (including phenoxy) is 2. The number of aliphatic hydroxyl groups is 1. The molecule has 41 heavy (non-hydrogen) atoms. The Bertz CT molecular complexity index is 925. The molecule has 2 fully saturated rings. The van der Waals surface area contributed by atoms with Crippen molar-refractivity contribution < 1.29 is 63.7 Å². The van der Waals surface area contributed by atoms with E-state index in [-0.39, 0.29) is 36.7 Å². The fraction of sp³-hybridized carbons (Fsp3) is 0.926. The highest BCUT2D eigenvalue weighted by molar-refractivity contribution is 5.78. The minimum atomic E-state index is -6.06. The zero-order valence-electron chi connectivity index (χ0n) is 24.7. The molecule has 0 radical (unpaired) electrons. The molecule has 2 aliphatic carbocycles. The highest BCUT2D eigenvalue weighted by Gasteiger charge is 2.79. The van der Waals surface area contributed by atoms with Crippen LogP contribution in [0.4, 0.5) is 39.5 Å². The first kappa shape index (κ1) is 37.3. The van der Waals surface area contributed by atoms with Crippen molar-refractivity contribution in [2.75, 3.05) is 6.61 Å². The van der Waals surface area contributed by atoms with Crippen molar-refractivity contribution in [2.24, 2.45) is 40.4 Å². The zero-order chi connectivity index (χ0) is 32.8. The van der Waals surface area contributed by atoms with E-state index in [2.05, 4.69) is 4.74 Å². The molecule has 242 valence electrons. The number of carbonyl (C=O) groups is 2. The van der Waals surface area contributed by atoms with E-state index in [1.54, 1.807) is 13.8 Å². The van der Waals surface area contributed by atoms with Gasteiger partial charge < -0.3 is 14.6 Å². The molecule has 0 aliphatic heterocycles. The molecule has 5 nitrogen and oxygen atoms in total. The lowest BCUT2D eigenvalue weighted by molar-refractivity contribution is -0.408. The second-order valence-corrected chi connectivity index (χ2v) is 12.7. The number of halogens is 9. The first-order valence-corrected chi connectivity index (χ1v) is 13.4. The monoisotopic (exact) mass is 616 g/mol. The van der Waals surface area contributed by atoms with Gasteiger partial charge in [-0.3, -0.25) is 9.59 Å². The van der Waals surface area contributed by atoms with E-state index in [9.17, 15) is 54.2 Å². The molecule has 14 heteroatoms. The lowest BCUT2D eigenvalue weighted by atomic mass is 9.66. The summed E-state index contributed by atoms with van der Waals surface area (Å²) < 4.78 is 126. The third-order valence-corrected chi connectivity index (χ3v) is 9.11. The van der Waals surface area contributed by atoms with Crippen LogP contribution >= 0.6 is 0 Å². The van der Waals surface area contributed by atoms with E-state index >= 15 is 0 Å². The molecule has 0 saturated heterocycles. The van der Waals surface area contributed by atoms with Gasteiger partial charge in [-0.2, -0.15) is 39.5 Å². The molecule has 0 aromatic heterocycles. The standard InChI is InChI=1S/C17H24F6O3.C10H17F3O2/c1-8-9(2)11-6-10(8)7-14(11,5)12(24)26-13(3,4)15(25,16(18,19)20)17(21,22)23;1-5-9(4,10(11,12)13)8(14)15-6-7(2)3/h8-11,25H,6-7H2,1-5H3;7H,5-6H2,1-4H3. The summed E-state index contributed by atoms with van der Waals surface area (Å²) in [6, 6.07) is 0. The van der Waals surface area contributed by atoms with Gasteiger partial charge in [0.1, 0.15) is 0 Å². The molecule has 0 aromatic carbocycles. The highest BCUT2D eigenvalue weighted by atomic mass is 19.4. The molecular weight excluding hydrogens is 575 g/mol. The Hall–Kier alpha value is -1.73. The van der Waals surface area contributed by atoms with Crippen LogP contribution in [0.2, 0.25) is 0 Å². The summed E-state index contributed by atoms with van der Waals surface area (Å²) in [6.45, 7) is 12.1. The summed E-state index contributed by atoms with van der Waals surface area (Å²) in [5, 5.41) is 9.59. The average Bonchev–Trinajstić information content (AvgIpc) is 3.29. The summed E-state index contributed by atoms with van der Waals surface area (Å²) in [5.41, 5.74) is -12.0. The van der Waals surface area contributed by atoms with Crippen molar-refractivity contribution in [2.45, 2.75) is 111 Å².